The molecule has 0 atom stereocenters. The molecule has 0 aliphatic heterocycles. The zero-order chi connectivity index (χ0) is 19.8. The summed E-state index contributed by atoms with van der Waals surface area (Å²) in [5.41, 5.74) is -0.132. The van der Waals surface area contributed by atoms with Crippen molar-refractivity contribution in [2.24, 2.45) is 0 Å². The van der Waals surface area contributed by atoms with Crippen LogP contribution in [0.3, 0.4) is 0 Å². The number of esters is 1. The number of nitrogens with zero attached hydrogens (tertiary/aromatic N) is 2. The van der Waals surface area contributed by atoms with Crippen LogP contribution in [0, 0.1) is 21.4 Å². The van der Waals surface area contributed by atoms with E-state index in [4.69, 9.17) is 14.7 Å². The minimum absolute atomic E-state index is 0.0583. The fourth-order valence-electron chi connectivity index (χ4n) is 2.13. The Bertz CT molecular complexity index is 902. The van der Waals surface area contributed by atoms with Gasteiger partial charge < -0.3 is 14.8 Å². The zero-order valence-corrected chi connectivity index (χ0v) is 14.3. The number of hydrogen-bond acceptors (Lipinski definition) is 7. The number of amides is 1. The lowest BCUT2D eigenvalue weighted by atomic mass is 10.1. The fourth-order valence-corrected chi connectivity index (χ4v) is 2.13. The van der Waals surface area contributed by atoms with Crippen molar-refractivity contribution >= 4 is 23.3 Å². The molecular formula is C18H15N3O6. The van der Waals surface area contributed by atoms with Crippen molar-refractivity contribution in [3.05, 3.63) is 63.7 Å². The number of ether oxygens (including phenoxy) is 2. The Kier molecular flexibility index (Phi) is 6.44. The summed E-state index contributed by atoms with van der Waals surface area (Å²) < 4.78 is 9.94. The second-order valence-electron chi connectivity index (χ2n) is 5.17. The molecule has 27 heavy (non-hydrogen) atoms. The maximum Gasteiger partial charge on any atom is 0.338 e. The van der Waals surface area contributed by atoms with E-state index in [0.29, 0.717) is 11.4 Å². The minimum atomic E-state index is -0.755. The topological polar surface area (TPSA) is 132 Å². The third-order valence-corrected chi connectivity index (χ3v) is 3.32. The number of rotatable bonds is 7. The predicted octanol–water partition coefficient (Wildman–Crippen LogP) is 2.93. The van der Waals surface area contributed by atoms with Crippen molar-refractivity contribution in [2.75, 3.05) is 18.5 Å². The highest BCUT2D eigenvalue weighted by atomic mass is 16.6. The fraction of sp³-hybridized carbons (Fsp3) is 0.167. The van der Waals surface area contributed by atoms with Gasteiger partial charge in [0.1, 0.15) is 11.8 Å². The van der Waals surface area contributed by atoms with Gasteiger partial charge in [0.15, 0.2) is 6.61 Å². The quantitative estimate of drug-likeness (QED) is 0.451. The molecule has 0 saturated heterocycles. The van der Waals surface area contributed by atoms with Crippen LogP contribution < -0.4 is 10.1 Å². The van der Waals surface area contributed by atoms with Gasteiger partial charge in [-0.1, -0.05) is 0 Å². The maximum absolute atomic E-state index is 12.4. The molecule has 0 spiro atoms. The van der Waals surface area contributed by atoms with Crippen LogP contribution in [-0.2, 0) is 4.74 Å². The van der Waals surface area contributed by atoms with Crippen molar-refractivity contribution in [2.45, 2.75) is 6.92 Å². The van der Waals surface area contributed by atoms with Gasteiger partial charge in [0.2, 0.25) is 0 Å². The van der Waals surface area contributed by atoms with E-state index < -0.39 is 22.5 Å². The number of nitro benzene ring substituents is 1. The van der Waals surface area contributed by atoms with Crippen LogP contribution in [0.4, 0.5) is 11.4 Å². The van der Waals surface area contributed by atoms with E-state index in [0.717, 1.165) is 12.1 Å². The molecule has 2 aromatic rings. The van der Waals surface area contributed by atoms with Crippen LogP contribution in [0.25, 0.3) is 0 Å². The standard InChI is InChI=1S/C18H15N3O6/c1-2-26-18(23)13-9-12(10-15(11-13)21(24)25)17(22)20-14-3-5-16(6-4-14)27-8-7-19/h3-6,9-11H,2,8H2,1H3,(H,20,22). The maximum atomic E-state index is 12.4. The summed E-state index contributed by atoms with van der Waals surface area (Å²) in [6.45, 7) is 1.60. The number of hydrogen-bond donors (Lipinski definition) is 1. The minimum Gasteiger partial charge on any atom is -0.479 e. The molecule has 0 heterocycles. The summed E-state index contributed by atoms with van der Waals surface area (Å²) in [6.07, 6.45) is 0. The number of carbonyl (C=O) groups excluding carboxylic acids is 2. The molecule has 0 unspecified atom stereocenters. The first-order valence-electron chi connectivity index (χ1n) is 7.82. The Labute approximate surface area is 154 Å². The number of benzene rings is 2. The third kappa shape index (κ3) is 5.27. The Morgan fingerprint density at radius 1 is 1.19 bits per heavy atom. The van der Waals surface area contributed by atoms with Crippen LogP contribution >= 0.6 is 0 Å². The summed E-state index contributed by atoms with van der Waals surface area (Å²) in [6, 6.07) is 11.4. The van der Waals surface area contributed by atoms with E-state index in [-0.39, 0.29) is 24.3 Å². The first-order chi connectivity index (χ1) is 12.9. The largest absolute Gasteiger partial charge is 0.479 e. The number of carbonyl (C=O) groups is 2. The number of nitro groups is 1. The predicted molar refractivity (Wildman–Crippen MR) is 94.6 cm³/mol. The van der Waals surface area contributed by atoms with Crippen molar-refractivity contribution in [1.29, 1.82) is 5.26 Å². The lowest BCUT2D eigenvalue weighted by Crippen LogP contribution is -2.14. The van der Waals surface area contributed by atoms with E-state index in [2.05, 4.69) is 5.32 Å². The molecule has 1 amide bonds. The monoisotopic (exact) mass is 369 g/mol. The van der Waals surface area contributed by atoms with Gasteiger partial charge in [-0.2, -0.15) is 5.26 Å². The van der Waals surface area contributed by atoms with Gasteiger partial charge >= 0.3 is 5.97 Å². The SMILES string of the molecule is CCOC(=O)c1cc(C(=O)Nc2ccc(OCC#N)cc2)cc([N+](=O)[O-])c1. The van der Waals surface area contributed by atoms with E-state index in [1.807, 2.05) is 6.07 Å². The number of anilines is 1. The molecule has 0 aromatic heterocycles. The molecule has 0 fully saturated rings. The lowest BCUT2D eigenvalue weighted by Gasteiger charge is -2.08. The van der Waals surface area contributed by atoms with Gasteiger partial charge in [-0.25, -0.2) is 4.79 Å². The van der Waals surface area contributed by atoms with Crippen molar-refractivity contribution < 1.29 is 24.0 Å². The van der Waals surface area contributed by atoms with Gasteiger partial charge in [-0.3, -0.25) is 14.9 Å². The average molecular weight is 369 g/mol. The van der Waals surface area contributed by atoms with E-state index >= 15 is 0 Å². The molecule has 0 aliphatic carbocycles. The summed E-state index contributed by atoms with van der Waals surface area (Å²) in [5.74, 6) is -0.932. The average Bonchev–Trinajstić information content (AvgIpc) is 2.67. The highest BCUT2D eigenvalue weighted by Crippen LogP contribution is 2.21. The van der Waals surface area contributed by atoms with Crippen molar-refractivity contribution in [3.8, 4) is 11.8 Å². The van der Waals surface area contributed by atoms with E-state index in [1.165, 1.54) is 6.07 Å². The normalized spacial score (nSPS) is 9.78. The number of nitrogens with one attached hydrogen (secondary N) is 1. The Morgan fingerprint density at radius 3 is 2.44 bits per heavy atom. The first kappa shape index (κ1) is 19.4. The molecule has 2 rings (SSSR count). The number of nitriles is 1. The lowest BCUT2D eigenvalue weighted by molar-refractivity contribution is -0.384. The Hall–Kier alpha value is -3.93. The summed E-state index contributed by atoms with van der Waals surface area (Å²) in [5, 5.41) is 22.1. The van der Waals surface area contributed by atoms with Crippen LogP contribution in [0.1, 0.15) is 27.6 Å². The molecule has 138 valence electrons. The first-order valence-corrected chi connectivity index (χ1v) is 7.82. The Balaban J connectivity index is 2.23. The van der Waals surface area contributed by atoms with Gasteiger partial charge in [0.05, 0.1) is 17.1 Å². The zero-order valence-electron chi connectivity index (χ0n) is 14.3. The number of non-ortho nitro benzene ring substituents is 1. The molecule has 9 heteroatoms. The summed E-state index contributed by atoms with van der Waals surface area (Å²) in [4.78, 5) is 34.7. The molecule has 0 aliphatic rings. The second kappa shape index (κ2) is 8.96. The molecule has 0 radical (unpaired) electrons. The van der Waals surface area contributed by atoms with Crippen LogP contribution in [-0.4, -0.2) is 30.0 Å². The molecule has 0 bridgehead atoms. The molecule has 2 aromatic carbocycles. The van der Waals surface area contributed by atoms with Gasteiger partial charge in [-0.15, -0.1) is 0 Å². The smallest absolute Gasteiger partial charge is 0.338 e. The van der Waals surface area contributed by atoms with Crippen molar-refractivity contribution in [3.63, 3.8) is 0 Å². The van der Waals surface area contributed by atoms with Crippen LogP contribution in [0.5, 0.6) is 5.75 Å². The van der Waals surface area contributed by atoms with Crippen LogP contribution in [0.15, 0.2) is 42.5 Å². The van der Waals surface area contributed by atoms with Gasteiger partial charge in [-0.05, 0) is 37.3 Å². The van der Waals surface area contributed by atoms with Gasteiger partial charge in [0.25, 0.3) is 11.6 Å². The van der Waals surface area contributed by atoms with Crippen LogP contribution in [0.2, 0.25) is 0 Å². The highest BCUT2D eigenvalue weighted by Gasteiger charge is 2.18. The van der Waals surface area contributed by atoms with E-state index in [9.17, 15) is 19.7 Å². The second-order valence-corrected chi connectivity index (χ2v) is 5.17. The van der Waals surface area contributed by atoms with Crippen molar-refractivity contribution in [1.82, 2.24) is 0 Å². The molecule has 1 N–H and O–H groups in total. The Morgan fingerprint density at radius 2 is 1.85 bits per heavy atom. The summed E-state index contributed by atoms with van der Waals surface area (Å²) in [7, 11) is 0. The molecule has 0 saturated carbocycles. The van der Waals surface area contributed by atoms with Gasteiger partial charge in [0, 0.05) is 23.4 Å². The summed E-state index contributed by atoms with van der Waals surface area (Å²) >= 11 is 0. The molecular weight excluding hydrogens is 354 g/mol. The third-order valence-electron chi connectivity index (χ3n) is 3.32. The molecule has 9 nitrogen and oxygen atoms in total. The van der Waals surface area contributed by atoms with E-state index in [1.54, 1.807) is 31.2 Å². The highest BCUT2D eigenvalue weighted by molar-refractivity contribution is 6.06.